The first-order chi connectivity index (χ1) is 8.24. The number of furan rings is 1. The number of carbonyl (C=O) groups is 2. The van der Waals surface area contributed by atoms with Crippen molar-refractivity contribution >= 4 is 11.6 Å². The number of carbonyl (C=O) groups excluding carboxylic acids is 2. The third-order valence-electron chi connectivity index (χ3n) is 2.83. The van der Waals surface area contributed by atoms with Crippen molar-refractivity contribution in [2.75, 3.05) is 7.11 Å². The average Bonchev–Trinajstić information content (AvgIpc) is 2.84. The zero-order valence-electron chi connectivity index (χ0n) is 9.02. The minimum atomic E-state index is -0.279. The van der Waals surface area contributed by atoms with Crippen LogP contribution in [0.15, 0.2) is 34.9 Å². The molecule has 1 heterocycles. The van der Waals surface area contributed by atoms with Crippen LogP contribution in [0.4, 0.5) is 0 Å². The molecule has 0 saturated heterocycles. The van der Waals surface area contributed by atoms with Crippen molar-refractivity contribution in [3.05, 3.63) is 53.0 Å². The molecular weight excluding hydrogens is 220 g/mol. The van der Waals surface area contributed by atoms with Crippen LogP contribution in [0, 0.1) is 0 Å². The van der Waals surface area contributed by atoms with Gasteiger partial charge in [0.05, 0.1) is 24.5 Å². The van der Waals surface area contributed by atoms with Gasteiger partial charge < -0.3 is 9.15 Å². The molecule has 17 heavy (non-hydrogen) atoms. The number of methoxy groups -OCH3 is 1. The second kappa shape index (κ2) is 3.31. The largest absolute Gasteiger partial charge is 0.496 e. The monoisotopic (exact) mass is 228 g/mol. The normalized spacial score (nSPS) is 13.2. The summed E-state index contributed by atoms with van der Waals surface area (Å²) < 4.78 is 10.2. The Morgan fingerprint density at radius 1 is 1.06 bits per heavy atom. The van der Waals surface area contributed by atoms with Crippen molar-refractivity contribution in [1.82, 2.24) is 0 Å². The van der Waals surface area contributed by atoms with Crippen LogP contribution in [0.25, 0.3) is 0 Å². The van der Waals surface area contributed by atoms with Crippen LogP contribution >= 0.6 is 0 Å². The molecular formula is C13H8O4. The van der Waals surface area contributed by atoms with E-state index in [0.717, 1.165) is 0 Å². The van der Waals surface area contributed by atoms with Crippen LogP contribution in [0.5, 0.6) is 5.75 Å². The summed E-state index contributed by atoms with van der Waals surface area (Å²) in [5, 5.41) is 0. The summed E-state index contributed by atoms with van der Waals surface area (Å²) in [6.07, 6.45) is 1.35. The molecule has 1 aromatic heterocycles. The maximum absolute atomic E-state index is 12.2. The van der Waals surface area contributed by atoms with Crippen molar-refractivity contribution in [3.8, 4) is 5.75 Å². The van der Waals surface area contributed by atoms with Crippen LogP contribution in [-0.4, -0.2) is 18.7 Å². The van der Waals surface area contributed by atoms with E-state index in [1.165, 1.54) is 19.4 Å². The quantitative estimate of drug-likeness (QED) is 0.639. The van der Waals surface area contributed by atoms with Gasteiger partial charge in [0.2, 0.25) is 11.6 Å². The molecule has 0 aliphatic heterocycles. The fourth-order valence-corrected chi connectivity index (χ4v) is 2.05. The molecule has 3 rings (SSSR count). The molecule has 1 aliphatic rings. The predicted octanol–water partition coefficient (Wildman–Crippen LogP) is 2.06. The van der Waals surface area contributed by atoms with Gasteiger partial charge in [0.15, 0.2) is 5.76 Å². The lowest BCUT2D eigenvalue weighted by molar-refractivity contribution is 0.0958. The number of hydrogen-bond acceptors (Lipinski definition) is 4. The lowest BCUT2D eigenvalue weighted by Gasteiger charge is -2.15. The maximum Gasteiger partial charge on any atom is 0.229 e. The number of ketones is 2. The summed E-state index contributed by atoms with van der Waals surface area (Å²) in [4.78, 5) is 24.3. The SMILES string of the molecule is COc1cccc2c1C(=O)c1ccoc1C2=O. The van der Waals surface area contributed by atoms with Crippen molar-refractivity contribution in [2.24, 2.45) is 0 Å². The Kier molecular flexibility index (Phi) is 1.92. The summed E-state index contributed by atoms with van der Waals surface area (Å²) in [6.45, 7) is 0. The second-order valence-electron chi connectivity index (χ2n) is 3.70. The Balaban J connectivity index is 2.34. The molecule has 0 spiro atoms. The summed E-state index contributed by atoms with van der Waals surface area (Å²) in [5.41, 5.74) is 0.942. The lowest BCUT2D eigenvalue weighted by atomic mass is 9.88. The van der Waals surface area contributed by atoms with Gasteiger partial charge in [-0.25, -0.2) is 0 Å². The fourth-order valence-electron chi connectivity index (χ4n) is 2.05. The first-order valence-corrected chi connectivity index (χ1v) is 5.08. The standard InChI is InChI=1S/C13H8O4/c1-16-9-4-2-3-7-10(9)11(14)8-5-6-17-13(8)12(7)15/h2-6H,1H3. The highest BCUT2D eigenvalue weighted by atomic mass is 16.5. The topological polar surface area (TPSA) is 56.5 Å². The van der Waals surface area contributed by atoms with Gasteiger partial charge >= 0.3 is 0 Å². The van der Waals surface area contributed by atoms with Crippen molar-refractivity contribution in [2.45, 2.75) is 0 Å². The molecule has 0 N–H and O–H groups in total. The van der Waals surface area contributed by atoms with E-state index in [4.69, 9.17) is 9.15 Å². The molecule has 0 amide bonds. The molecule has 1 aliphatic carbocycles. The zero-order valence-corrected chi connectivity index (χ0v) is 9.02. The van der Waals surface area contributed by atoms with E-state index in [0.29, 0.717) is 22.4 Å². The summed E-state index contributed by atoms with van der Waals surface area (Å²) in [5.74, 6) is 0.00255. The molecule has 0 saturated carbocycles. The minimum Gasteiger partial charge on any atom is -0.496 e. The van der Waals surface area contributed by atoms with Crippen LogP contribution < -0.4 is 4.74 Å². The number of hydrogen-bond donors (Lipinski definition) is 0. The number of fused-ring (bicyclic) bond motifs is 2. The predicted molar refractivity (Wildman–Crippen MR) is 58.6 cm³/mol. The van der Waals surface area contributed by atoms with E-state index in [2.05, 4.69) is 0 Å². The number of benzene rings is 1. The van der Waals surface area contributed by atoms with Crippen LogP contribution in [0.3, 0.4) is 0 Å². The second-order valence-corrected chi connectivity index (χ2v) is 3.70. The highest BCUT2D eigenvalue weighted by molar-refractivity contribution is 6.28. The molecule has 84 valence electrons. The van der Waals surface area contributed by atoms with E-state index in [-0.39, 0.29) is 17.3 Å². The van der Waals surface area contributed by atoms with Crippen LogP contribution in [-0.2, 0) is 0 Å². The van der Waals surface area contributed by atoms with Crippen molar-refractivity contribution < 1.29 is 18.7 Å². The van der Waals surface area contributed by atoms with E-state index in [1.54, 1.807) is 18.2 Å². The number of ether oxygens (including phenoxy) is 1. The van der Waals surface area contributed by atoms with E-state index in [1.807, 2.05) is 0 Å². The molecule has 0 fully saturated rings. The van der Waals surface area contributed by atoms with E-state index < -0.39 is 0 Å². The highest BCUT2D eigenvalue weighted by Gasteiger charge is 2.34. The summed E-state index contributed by atoms with van der Waals surface area (Å²) >= 11 is 0. The third kappa shape index (κ3) is 1.18. The Hall–Kier alpha value is -2.36. The fraction of sp³-hybridized carbons (Fsp3) is 0.0769. The molecule has 0 radical (unpaired) electrons. The highest BCUT2D eigenvalue weighted by Crippen LogP contribution is 2.33. The zero-order chi connectivity index (χ0) is 12.0. The first-order valence-electron chi connectivity index (χ1n) is 5.08. The number of rotatable bonds is 1. The van der Waals surface area contributed by atoms with Gasteiger partial charge in [-0.15, -0.1) is 0 Å². The Labute approximate surface area is 96.8 Å². The molecule has 0 unspecified atom stereocenters. The molecule has 4 heteroatoms. The van der Waals surface area contributed by atoms with Crippen molar-refractivity contribution in [3.63, 3.8) is 0 Å². The maximum atomic E-state index is 12.2. The van der Waals surface area contributed by atoms with Gasteiger partial charge in [0, 0.05) is 5.56 Å². The van der Waals surface area contributed by atoms with Gasteiger partial charge in [0.1, 0.15) is 5.75 Å². The Morgan fingerprint density at radius 3 is 2.65 bits per heavy atom. The Morgan fingerprint density at radius 2 is 1.88 bits per heavy atom. The average molecular weight is 228 g/mol. The molecule has 1 aromatic carbocycles. The van der Waals surface area contributed by atoms with Gasteiger partial charge in [-0.2, -0.15) is 0 Å². The van der Waals surface area contributed by atoms with Gasteiger partial charge in [-0.05, 0) is 18.2 Å². The molecule has 0 bridgehead atoms. The third-order valence-corrected chi connectivity index (χ3v) is 2.83. The molecule has 0 atom stereocenters. The van der Waals surface area contributed by atoms with Gasteiger partial charge in [-0.3, -0.25) is 9.59 Å². The van der Waals surface area contributed by atoms with Crippen LogP contribution in [0.1, 0.15) is 32.0 Å². The van der Waals surface area contributed by atoms with Crippen molar-refractivity contribution in [1.29, 1.82) is 0 Å². The van der Waals surface area contributed by atoms with E-state index >= 15 is 0 Å². The molecule has 4 nitrogen and oxygen atoms in total. The van der Waals surface area contributed by atoms with Gasteiger partial charge in [-0.1, -0.05) is 6.07 Å². The first kappa shape index (κ1) is 9.84. The summed E-state index contributed by atoms with van der Waals surface area (Å²) in [7, 11) is 1.47. The minimum absolute atomic E-state index is 0.107. The smallest absolute Gasteiger partial charge is 0.229 e. The van der Waals surface area contributed by atoms with E-state index in [9.17, 15) is 9.59 Å². The van der Waals surface area contributed by atoms with Gasteiger partial charge in [0.25, 0.3) is 0 Å². The molecule has 2 aromatic rings. The van der Waals surface area contributed by atoms with Crippen LogP contribution in [0.2, 0.25) is 0 Å². The lowest BCUT2D eigenvalue weighted by Crippen LogP contribution is -2.19. The Bertz CT molecular complexity index is 637. The summed E-state index contributed by atoms with van der Waals surface area (Å²) in [6, 6.07) is 6.44.